The minimum atomic E-state index is 0.991. The van der Waals surface area contributed by atoms with E-state index < -0.39 is 0 Å². The first-order valence-electron chi connectivity index (χ1n) is 7.38. The Bertz CT molecular complexity index is 953. The van der Waals surface area contributed by atoms with Crippen LogP contribution in [0.4, 0.5) is 0 Å². The third-order valence-corrected chi connectivity index (χ3v) is 4.09. The lowest BCUT2D eigenvalue weighted by atomic mass is 10.2. The van der Waals surface area contributed by atoms with E-state index in [-0.39, 0.29) is 0 Å². The van der Waals surface area contributed by atoms with E-state index in [2.05, 4.69) is 84.3 Å². The third kappa shape index (κ3) is 1.93. The molecule has 0 bridgehead atoms. The molecular weight excluding hydrogens is 254 g/mol. The van der Waals surface area contributed by atoms with Gasteiger partial charge in [-0.25, -0.2) is 0 Å². The average Bonchev–Trinajstić information content (AvgIpc) is 2.67. The van der Waals surface area contributed by atoms with Crippen molar-refractivity contribution in [1.82, 2.24) is 4.57 Å². The largest absolute Gasteiger partial charge is 0.309 e. The lowest BCUT2D eigenvalue weighted by Gasteiger charge is -2.07. The van der Waals surface area contributed by atoms with Crippen LogP contribution in [0.2, 0.25) is 0 Å². The number of benzene rings is 2. The fraction of sp³-hybridized carbons (Fsp3) is 0.100. The second-order valence-corrected chi connectivity index (χ2v) is 5.52. The molecule has 0 saturated heterocycles. The molecular formula is C20H17N. The molecule has 1 aliphatic carbocycles. The Kier molecular flexibility index (Phi) is 2.78. The highest BCUT2D eigenvalue weighted by Crippen LogP contribution is 2.15. The lowest BCUT2D eigenvalue weighted by molar-refractivity contribution is 1.07. The van der Waals surface area contributed by atoms with Crippen LogP contribution < -0.4 is 10.6 Å². The molecule has 102 valence electrons. The Labute approximate surface area is 124 Å². The van der Waals surface area contributed by atoms with Gasteiger partial charge in [0.2, 0.25) is 0 Å². The molecule has 1 nitrogen and oxygen atoms in total. The summed E-state index contributed by atoms with van der Waals surface area (Å²) in [6, 6.07) is 17.4. The Morgan fingerprint density at radius 1 is 0.952 bits per heavy atom. The van der Waals surface area contributed by atoms with Gasteiger partial charge in [0.1, 0.15) is 0 Å². The molecule has 1 aliphatic rings. The molecule has 0 N–H and O–H groups in total. The number of fused-ring (bicyclic) bond motifs is 3. The molecule has 0 fully saturated rings. The van der Waals surface area contributed by atoms with Crippen LogP contribution in [0.5, 0.6) is 0 Å². The van der Waals surface area contributed by atoms with Crippen LogP contribution in [0.25, 0.3) is 28.7 Å². The maximum atomic E-state index is 2.36. The summed E-state index contributed by atoms with van der Waals surface area (Å²) < 4.78 is 2.36. The highest BCUT2D eigenvalue weighted by atomic mass is 15.0. The summed E-state index contributed by atoms with van der Waals surface area (Å²) >= 11 is 0. The first-order valence-corrected chi connectivity index (χ1v) is 7.38. The fourth-order valence-electron chi connectivity index (χ4n) is 3.06. The topological polar surface area (TPSA) is 4.93 Å². The molecule has 4 rings (SSSR count). The summed E-state index contributed by atoms with van der Waals surface area (Å²) in [7, 11) is 0. The van der Waals surface area contributed by atoms with Crippen LogP contribution in [0.1, 0.15) is 12.0 Å². The number of aryl methyl sites for hydroxylation is 1. The van der Waals surface area contributed by atoms with Crippen molar-refractivity contribution in [2.24, 2.45) is 0 Å². The molecule has 1 heterocycles. The Hall–Kier alpha value is -2.54. The molecule has 0 aliphatic heterocycles. The lowest BCUT2D eigenvalue weighted by Crippen LogP contribution is -2.27. The first kappa shape index (κ1) is 12.2. The van der Waals surface area contributed by atoms with E-state index >= 15 is 0 Å². The maximum Gasteiger partial charge on any atom is 0.0540 e. The molecule has 0 saturated carbocycles. The Morgan fingerprint density at radius 3 is 2.62 bits per heavy atom. The smallest absolute Gasteiger partial charge is 0.0540 e. The number of rotatable bonds is 1. The summed E-state index contributed by atoms with van der Waals surface area (Å²) in [5.41, 5.74) is 3.78. The Balaban J connectivity index is 2.18. The van der Waals surface area contributed by atoms with Crippen molar-refractivity contribution in [3.63, 3.8) is 0 Å². The summed E-state index contributed by atoms with van der Waals surface area (Å²) in [4.78, 5) is 0. The molecule has 0 spiro atoms. The van der Waals surface area contributed by atoms with E-state index in [4.69, 9.17) is 0 Å². The van der Waals surface area contributed by atoms with Gasteiger partial charge in [-0.2, -0.15) is 0 Å². The van der Waals surface area contributed by atoms with Crippen molar-refractivity contribution >= 4 is 23.1 Å². The first-order chi connectivity index (χ1) is 10.3. The van der Waals surface area contributed by atoms with Gasteiger partial charge in [0.15, 0.2) is 0 Å². The summed E-state index contributed by atoms with van der Waals surface area (Å²) in [5, 5.41) is 3.94. The highest BCUT2D eigenvalue weighted by Gasteiger charge is 2.08. The zero-order valence-electron chi connectivity index (χ0n) is 12.1. The number of aromatic nitrogens is 1. The van der Waals surface area contributed by atoms with E-state index in [0.717, 1.165) is 6.42 Å². The van der Waals surface area contributed by atoms with Crippen molar-refractivity contribution in [2.75, 3.05) is 0 Å². The van der Waals surface area contributed by atoms with Gasteiger partial charge in [-0.1, -0.05) is 54.1 Å². The molecule has 0 amide bonds. The van der Waals surface area contributed by atoms with Crippen LogP contribution >= 0.6 is 0 Å². The molecule has 2 aromatic carbocycles. The number of allylic oxidation sites excluding steroid dienone is 2. The highest BCUT2D eigenvalue weighted by molar-refractivity contribution is 5.84. The molecule has 1 aromatic heterocycles. The van der Waals surface area contributed by atoms with E-state index in [0.29, 0.717) is 0 Å². The minimum Gasteiger partial charge on any atom is -0.309 e. The summed E-state index contributed by atoms with van der Waals surface area (Å²) in [6.07, 6.45) is 9.90. The molecule has 1 heteroatoms. The van der Waals surface area contributed by atoms with Gasteiger partial charge in [0.25, 0.3) is 0 Å². The van der Waals surface area contributed by atoms with Gasteiger partial charge in [-0.3, -0.25) is 0 Å². The molecule has 0 radical (unpaired) electrons. The van der Waals surface area contributed by atoms with Crippen LogP contribution in [0, 0.1) is 6.92 Å². The van der Waals surface area contributed by atoms with Crippen LogP contribution in [0.15, 0.2) is 60.7 Å². The SMILES string of the molecule is Cc1ccc(-n2c3c(c4ccccc42)=CCC=CC=3)cc1. The molecule has 21 heavy (non-hydrogen) atoms. The van der Waals surface area contributed by atoms with E-state index in [9.17, 15) is 0 Å². The number of hydrogen-bond donors (Lipinski definition) is 0. The zero-order chi connectivity index (χ0) is 14.2. The minimum absolute atomic E-state index is 0.991. The van der Waals surface area contributed by atoms with Gasteiger partial charge in [0.05, 0.1) is 10.9 Å². The molecule has 0 atom stereocenters. The zero-order valence-corrected chi connectivity index (χ0v) is 12.1. The number of nitrogens with zero attached hydrogens (tertiary/aromatic N) is 1. The summed E-state index contributed by atoms with van der Waals surface area (Å²) in [5.74, 6) is 0. The van der Waals surface area contributed by atoms with Crippen molar-refractivity contribution < 1.29 is 0 Å². The van der Waals surface area contributed by atoms with E-state index in [1.54, 1.807) is 0 Å². The van der Waals surface area contributed by atoms with Gasteiger partial charge >= 0.3 is 0 Å². The van der Waals surface area contributed by atoms with Gasteiger partial charge in [-0.05, 0) is 37.6 Å². The van der Waals surface area contributed by atoms with Crippen LogP contribution in [-0.2, 0) is 0 Å². The third-order valence-electron chi connectivity index (χ3n) is 4.09. The van der Waals surface area contributed by atoms with Gasteiger partial charge in [-0.15, -0.1) is 0 Å². The predicted octanol–water partition coefficient (Wildman–Crippen LogP) is 3.46. The van der Waals surface area contributed by atoms with E-state index in [1.807, 2.05) is 0 Å². The maximum absolute atomic E-state index is 2.36. The van der Waals surface area contributed by atoms with Crippen molar-refractivity contribution in [1.29, 1.82) is 0 Å². The summed E-state index contributed by atoms with van der Waals surface area (Å²) in [6.45, 7) is 2.13. The fourth-order valence-corrected chi connectivity index (χ4v) is 3.06. The normalized spacial score (nSPS) is 13.4. The monoisotopic (exact) mass is 271 g/mol. The van der Waals surface area contributed by atoms with Crippen molar-refractivity contribution in [3.8, 4) is 5.69 Å². The number of hydrogen-bond acceptors (Lipinski definition) is 0. The average molecular weight is 271 g/mol. The number of para-hydroxylation sites is 1. The Morgan fingerprint density at radius 2 is 1.76 bits per heavy atom. The quantitative estimate of drug-likeness (QED) is 0.639. The standard InChI is InChI=1S/C20H17N/c1-15-11-13-16(14-12-15)21-19-9-4-2-3-7-17(19)18-8-5-6-10-20(18)21/h2,4-14H,3H2,1H3. The van der Waals surface area contributed by atoms with E-state index in [1.165, 1.54) is 32.7 Å². The molecule has 0 unspecified atom stereocenters. The second-order valence-electron chi connectivity index (χ2n) is 5.52. The van der Waals surface area contributed by atoms with Crippen molar-refractivity contribution in [2.45, 2.75) is 13.3 Å². The van der Waals surface area contributed by atoms with Crippen LogP contribution in [0.3, 0.4) is 0 Å². The predicted molar refractivity (Wildman–Crippen MR) is 89.9 cm³/mol. The second kappa shape index (κ2) is 4.78. The van der Waals surface area contributed by atoms with Crippen LogP contribution in [-0.4, -0.2) is 4.57 Å². The van der Waals surface area contributed by atoms with Crippen molar-refractivity contribution in [3.05, 3.63) is 76.8 Å². The van der Waals surface area contributed by atoms with Gasteiger partial charge < -0.3 is 4.57 Å². The molecule has 3 aromatic rings. The van der Waals surface area contributed by atoms with Gasteiger partial charge in [0, 0.05) is 16.3 Å².